The van der Waals surface area contributed by atoms with Crippen molar-refractivity contribution in [3.63, 3.8) is 0 Å². The van der Waals surface area contributed by atoms with Gasteiger partial charge < -0.3 is 30.0 Å². The van der Waals surface area contributed by atoms with Gasteiger partial charge in [0.25, 0.3) is 0 Å². The third-order valence-electron chi connectivity index (χ3n) is 9.69. The first-order chi connectivity index (χ1) is 25.6. The molecule has 0 radical (unpaired) electrons. The maximum atomic E-state index is 13.5. The molecule has 8 nitrogen and oxygen atoms in total. The van der Waals surface area contributed by atoms with E-state index in [1.165, 1.54) is 135 Å². The van der Waals surface area contributed by atoms with E-state index in [4.69, 9.17) is 14.2 Å². The molecule has 1 aromatic carbocycles. The molecule has 3 N–H and O–H groups in total. The first-order valence-corrected chi connectivity index (χ1v) is 21.9. The Hall–Kier alpha value is -2.32. The van der Waals surface area contributed by atoms with Crippen LogP contribution < -0.4 is 10.6 Å². The number of aromatic hydroxyl groups is 1. The van der Waals surface area contributed by atoms with Gasteiger partial charge in [-0.25, -0.2) is 4.79 Å². The minimum atomic E-state index is -0.853. The van der Waals surface area contributed by atoms with Crippen molar-refractivity contribution in [1.29, 1.82) is 0 Å². The Bertz CT molecular complexity index is 996. The number of nitrogens with one attached hydrogen (secondary N) is 2. The molecule has 0 aliphatic heterocycles. The van der Waals surface area contributed by atoms with Crippen LogP contribution in [0.5, 0.6) is 5.75 Å². The number of phenols is 1. The van der Waals surface area contributed by atoms with Crippen molar-refractivity contribution in [1.82, 2.24) is 10.6 Å². The molecular weight excluding hydrogens is 665 g/mol. The van der Waals surface area contributed by atoms with Crippen molar-refractivity contribution in [2.75, 3.05) is 26.4 Å². The zero-order chi connectivity index (χ0) is 38.8. The first-order valence-electron chi connectivity index (χ1n) is 21.9. The number of unbranched alkanes of at least 4 members (excludes halogenated alkanes) is 22. The van der Waals surface area contributed by atoms with E-state index < -0.39 is 17.7 Å². The van der Waals surface area contributed by atoms with Gasteiger partial charge in [-0.15, -0.1) is 0 Å². The standard InChI is InChI=1S/C45H82N2O6/c1-6-8-10-12-14-16-18-20-22-24-26-28-34-51-38-41(52-35-29-27-25-23-21-19-17-15-13-11-9-7-2)37-46-43(49)42(47-44(50)53-45(3,4)5)36-39-30-32-40(48)33-31-39/h30-33,41-42,48H,6-29,34-38H2,1-5H3,(H,46,49)(H,47,50)/t41?,42-/m0/s1. The number of ether oxygens (including phenoxy) is 3. The smallest absolute Gasteiger partial charge is 0.408 e. The van der Waals surface area contributed by atoms with E-state index in [1.807, 2.05) is 0 Å². The molecule has 0 spiro atoms. The molecule has 1 aromatic rings. The largest absolute Gasteiger partial charge is 0.508 e. The molecule has 0 aromatic heterocycles. The molecule has 0 saturated carbocycles. The average Bonchev–Trinajstić information content (AvgIpc) is 3.12. The van der Waals surface area contributed by atoms with Gasteiger partial charge in [-0.3, -0.25) is 4.79 Å². The van der Waals surface area contributed by atoms with Crippen LogP contribution in [0.15, 0.2) is 24.3 Å². The summed E-state index contributed by atoms with van der Waals surface area (Å²) < 4.78 is 17.8. The Morgan fingerprint density at radius 1 is 0.642 bits per heavy atom. The van der Waals surface area contributed by atoms with Crippen LogP contribution in [0.2, 0.25) is 0 Å². The summed E-state index contributed by atoms with van der Waals surface area (Å²) in [4.78, 5) is 26.2. The molecule has 0 bridgehead atoms. The maximum Gasteiger partial charge on any atom is 0.408 e. The summed E-state index contributed by atoms with van der Waals surface area (Å²) in [5, 5.41) is 15.5. The topological polar surface area (TPSA) is 106 Å². The lowest BCUT2D eigenvalue weighted by molar-refractivity contribution is -0.124. The zero-order valence-corrected chi connectivity index (χ0v) is 35.0. The summed E-state index contributed by atoms with van der Waals surface area (Å²) >= 11 is 0. The lowest BCUT2D eigenvalue weighted by Gasteiger charge is -2.24. The lowest BCUT2D eigenvalue weighted by atomic mass is 10.0. The highest BCUT2D eigenvalue weighted by molar-refractivity contribution is 5.86. The van der Waals surface area contributed by atoms with Crippen molar-refractivity contribution < 1.29 is 28.9 Å². The van der Waals surface area contributed by atoms with Gasteiger partial charge in [-0.1, -0.05) is 167 Å². The van der Waals surface area contributed by atoms with E-state index in [0.29, 0.717) is 19.8 Å². The maximum absolute atomic E-state index is 13.5. The molecule has 2 atom stereocenters. The second-order valence-electron chi connectivity index (χ2n) is 16.2. The fraction of sp³-hybridized carbons (Fsp3) is 0.822. The van der Waals surface area contributed by atoms with Gasteiger partial charge >= 0.3 is 6.09 Å². The van der Waals surface area contributed by atoms with Crippen LogP contribution >= 0.6 is 0 Å². The molecule has 0 aliphatic rings. The quantitative estimate of drug-likeness (QED) is 0.0597. The monoisotopic (exact) mass is 747 g/mol. The highest BCUT2D eigenvalue weighted by atomic mass is 16.6. The van der Waals surface area contributed by atoms with Crippen molar-refractivity contribution in [2.45, 2.75) is 213 Å². The summed E-state index contributed by atoms with van der Waals surface area (Å²) in [5.41, 5.74) is 0.117. The fourth-order valence-electron chi connectivity index (χ4n) is 6.48. The number of rotatable bonds is 35. The molecule has 8 heteroatoms. The van der Waals surface area contributed by atoms with Crippen molar-refractivity contribution in [3.8, 4) is 5.75 Å². The summed E-state index contributed by atoms with van der Waals surface area (Å²) in [6, 6.07) is 5.79. The van der Waals surface area contributed by atoms with E-state index in [1.54, 1.807) is 45.0 Å². The number of hydrogen-bond acceptors (Lipinski definition) is 6. The molecule has 0 saturated heterocycles. The molecule has 1 unspecified atom stereocenters. The van der Waals surface area contributed by atoms with Crippen LogP contribution in [0.1, 0.15) is 194 Å². The number of amides is 2. The summed E-state index contributed by atoms with van der Waals surface area (Å²) in [6.07, 6.45) is 30.5. The Morgan fingerprint density at radius 3 is 1.53 bits per heavy atom. The second kappa shape index (κ2) is 33.1. The van der Waals surface area contributed by atoms with Gasteiger partial charge in [0.1, 0.15) is 17.4 Å². The molecule has 0 aliphatic carbocycles. The van der Waals surface area contributed by atoms with Crippen molar-refractivity contribution in [3.05, 3.63) is 29.8 Å². The van der Waals surface area contributed by atoms with Crippen LogP contribution in [0.4, 0.5) is 4.79 Å². The van der Waals surface area contributed by atoms with Gasteiger partial charge in [0.2, 0.25) is 5.91 Å². The van der Waals surface area contributed by atoms with E-state index >= 15 is 0 Å². The van der Waals surface area contributed by atoms with Crippen molar-refractivity contribution >= 4 is 12.0 Å². The number of carbonyl (C=O) groups excluding carboxylic acids is 2. The molecule has 0 fully saturated rings. The van der Waals surface area contributed by atoms with Crippen molar-refractivity contribution in [2.24, 2.45) is 0 Å². The van der Waals surface area contributed by atoms with E-state index in [0.717, 1.165) is 24.8 Å². The number of phenolic OH excluding ortho intramolecular Hbond substituents is 1. The third kappa shape index (κ3) is 30.7. The molecule has 2 amide bonds. The minimum absolute atomic E-state index is 0.145. The van der Waals surface area contributed by atoms with Gasteiger partial charge in [0.15, 0.2) is 0 Å². The zero-order valence-electron chi connectivity index (χ0n) is 35.0. The van der Waals surface area contributed by atoms with E-state index in [-0.39, 0.29) is 30.7 Å². The lowest BCUT2D eigenvalue weighted by Crippen LogP contribution is -2.51. The summed E-state index contributed by atoms with van der Waals surface area (Å²) in [7, 11) is 0. The minimum Gasteiger partial charge on any atom is -0.508 e. The normalized spacial score (nSPS) is 12.8. The number of hydrogen-bond donors (Lipinski definition) is 3. The van der Waals surface area contributed by atoms with Gasteiger partial charge in [-0.2, -0.15) is 0 Å². The molecular formula is C45H82N2O6. The van der Waals surface area contributed by atoms with Crippen LogP contribution in [0.25, 0.3) is 0 Å². The van der Waals surface area contributed by atoms with Crippen LogP contribution in [0, 0.1) is 0 Å². The SMILES string of the molecule is CCCCCCCCCCCCCCOCC(CNC(=O)[C@H](Cc1ccc(O)cc1)NC(=O)OC(C)(C)C)OCCCCCCCCCCCCCC. The van der Waals surface area contributed by atoms with E-state index in [9.17, 15) is 14.7 Å². The first kappa shape index (κ1) is 48.7. The predicted octanol–water partition coefficient (Wildman–Crippen LogP) is 11.7. The highest BCUT2D eigenvalue weighted by Gasteiger charge is 2.25. The Morgan fingerprint density at radius 2 is 1.08 bits per heavy atom. The Kier molecular flexibility index (Phi) is 30.4. The summed E-state index contributed by atoms with van der Waals surface area (Å²) in [5.74, 6) is -0.171. The Labute approximate surface area is 325 Å². The predicted molar refractivity (Wildman–Crippen MR) is 221 cm³/mol. The van der Waals surface area contributed by atoms with Crippen LogP contribution in [-0.4, -0.2) is 61.2 Å². The van der Waals surface area contributed by atoms with Crippen LogP contribution in [-0.2, 0) is 25.4 Å². The molecule has 0 heterocycles. The van der Waals surface area contributed by atoms with Crippen LogP contribution in [0.3, 0.4) is 0 Å². The van der Waals surface area contributed by atoms with E-state index in [2.05, 4.69) is 24.5 Å². The average molecular weight is 747 g/mol. The third-order valence-corrected chi connectivity index (χ3v) is 9.69. The number of benzene rings is 1. The fourth-order valence-corrected chi connectivity index (χ4v) is 6.48. The molecule has 308 valence electrons. The van der Waals surface area contributed by atoms with Gasteiger partial charge in [0, 0.05) is 26.2 Å². The highest BCUT2D eigenvalue weighted by Crippen LogP contribution is 2.15. The van der Waals surface area contributed by atoms with Gasteiger partial charge in [0.05, 0.1) is 12.7 Å². The molecule has 53 heavy (non-hydrogen) atoms. The summed E-state index contributed by atoms with van der Waals surface area (Å²) in [6.45, 7) is 11.9. The number of alkyl carbamates (subject to hydrolysis) is 1. The Balaban J connectivity index is 2.54. The molecule has 1 rings (SSSR count). The number of carbonyl (C=O) groups is 2. The van der Waals surface area contributed by atoms with Gasteiger partial charge in [-0.05, 0) is 51.3 Å². The second-order valence-corrected chi connectivity index (χ2v) is 16.2.